The van der Waals surface area contributed by atoms with E-state index in [4.69, 9.17) is 4.74 Å². The third kappa shape index (κ3) is 6.01. The maximum absolute atomic E-state index is 12.7. The number of carbonyl (C=O) groups excluding carboxylic acids is 1. The fraction of sp³-hybridized carbons (Fsp3) is 0.650. The Kier molecular flexibility index (Phi) is 8.22. The number of hydrogen-bond acceptors (Lipinski definition) is 4. The molecule has 0 N–H and O–H groups in total. The number of rotatable bonds is 8. The van der Waals surface area contributed by atoms with Gasteiger partial charge in [-0.1, -0.05) is 20.8 Å². The monoisotopic (exact) mass is 347 g/mol. The highest BCUT2D eigenvalue weighted by Gasteiger charge is 2.19. The van der Waals surface area contributed by atoms with Gasteiger partial charge in [-0.25, -0.2) is 0 Å². The Morgan fingerprint density at radius 3 is 2.40 bits per heavy atom. The Labute approximate surface area is 152 Å². The lowest BCUT2D eigenvalue weighted by Gasteiger charge is -2.21. The van der Waals surface area contributed by atoms with Crippen LogP contribution in [0.5, 0.6) is 5.75 Å². The molecule has 1 aliphatic rings. The van der Waals surface area contributed by atoms with E-state index in [9.17, 15) is 4.79 Å². The molecule has 0 spiro atoms. The molecule has 0 aromatic heterocycles. The summed E-state index contributed by atoms with van der Waals surface area (Å²) >= 11 is 0. The van der Waals surface area contributed by atoms with Crippen molar-refractivity contribution >= 4 is 5.91 Å². The van der Waals surface area contributed by atoms with Crippen molar-refractivity contribution in [2.24, 2.45) is 0 Å². The van der Waals surface area contributed by atoms with Crippen LogP contribution in [0.2, 0.25) is 0 Å². The summed E-state index contributed by atoms with van der Waals surface area (Å²) in [5.41, 5.74) is 0.751. The predicted molar refractivity (Wildman–Crippen MR) is 102 cm³/mol. The zero-order valence-corrected chi connectivity index (χ0v) is 16.0. The van der Waals surface area contributed by atoms with Gasteiger partial charge in [0, 0.05) is 31.7 Å². The molecule has 0 aliphatic carbocycles. The van der Waals surface area contributed by atoms with E-state index < -0.39 is 0 Å². The first-order chi connectivity index (χ1) is 12.2. The van der Waals surface area contributed by atoms with E-state index in [2.05, 4.69) is 30.6 Å². The smallest absolute Gasteiger partial charge is 0.253 e. The quantitative estimate of drug-likeness (QED) is 0.724. The number of amides is 1. The van der Waals surface area contributed by atoms with Crippen molar-refractivity contribution in [1.29, 1.82) is 0 Å². The molecule has 0 radical (unpaired) electrons. The predicted octanol–water partition coefficient (Wildman–Crippen LogP) is 2.58. The third-order valence-corrected chi connectivity index (χ3v) is 4.99. The number of carbonyl (C=O) groups is 1. The van der Waals surface area contributed by atoms with E-state index in [0.717, 1.165) is 70.1 Å². The molecule has 1 fully saturated rings. The van der Waals surface area contributed by atoms with Crippen LogP contribution < -0.4 is 4.74 Å². The highest BCUT2D eigenvalue weighted by molar-refractivity contribution is 5.94. The molecule has 1 aliphatic heterocycles. The van der Waals surface area contributed by atoms with Crippen LogP contribution >= 0.6 is 0 Å². The lowest BCUT2D eigenvalue weighted by molar-refractivity contribution is 0.0761. The SMILES string of the molecule is CCN(CC)CCOc1ccc(C(=O)N2CCCN(CC)CC2)cc1. The van der Waals surface area contributed by atoms with Crippen LogP contribution in [0.15, 0.2) is 24.3 Å². The van der Waals surface area contributed by atoms with Crippen LogP contribution in [-0.4, -0.2) is 79.6 Å². The average molecular weight is 348 g/mol. The number of nitrogens with zero attached hydrogens (tertiary/aromatic N) is 3. The largest absolute Gasteiger partial charge is 0.492 e. The third-order valence-electron chi connectivity index (χ3n) is 4.99. The Bertz CT molecular complexity index is 514. The Hall–Kier alpha value is -1.59. The molecule has 2 rings (SSSR count). The summed E-state index contributed by atoms with van der Waals surface area (Å²) in [4.78, 5) is 19.4. The fourth-order valence-corrected chi connectivity index (χ4v) is 3.20. The van der Waals surface area contributed by atoms with Crippen molar-refractivity contribution in [3.8, 4) is 5.75 Å². The molecule has 1 amide bonds. The minimum Gasteiger partial charge on any atom is -0.492 e. The van der Waals surface area contributed by atoms with E-state index >= 15 is 0 Å². The van der Waals surface area contributed by atoms with Gasteiger partial charge in [-0.3, -0.25) is 4.79 Å². The summed E-state index contributed by atoms with van der Waals surface area (Å²) in [6, 6.07) is 7.59. The summed E-state index contributed by atoms with van der Waals surface area (Å²) in [7, 11) is 0. The Balaban J connectivity index is 1.85. The van der Waals surface area contributed by atoms with Gasteiger partial charge >= 0.3 is 0 Å². The average Bonchev–Trinajstić information content (AvgIpc) is 2.91. The summed E-state index contributed by atoms with van der Waals surface area (Å²) < 4.78 is 5.80. The van der Waals surface area contributed by atoms with Gasteiger partial charge in [-0.15, -0.1) is 0 Å². The second kappa shape index (κ2) is 10.4. The van der Waals surface area contributed by atoms with Gasteiger partial charge < -0.3 is 19.4 Å². The molecule has 1 aromatic rings. The Morgan fingerprint density at radius 2 is 1.76 bits per heavy atom. The molecule has 25 heavy (non-hydrogen) atoms. The molecular weight excluding hydrogens is 314 g/mol. The van der Waals surface area contributed by atoms with Gasteiger partial charge in [0.25, 0.3) is 5.91 Å². The maximum Gasteiger partial charge on any atom is 0.253 e. The van der Waals surface area contributed by atoms with Crippen LogP contribution in [0.3, 0.4) is 0 Å². The standard InChI is InChI=1S/C20H33N3O2/c1-4-21(5-2)16-17-25-19-10-8-18(9-11-19)20(24)23-13-7-12-22(6-3)14-15-23/h8-11H,4-7,12-17H2,1-3H3. The molecule has 1 heterocycles. The number of hydrogen-bond donors (Lipinski definition) is 0. The maximum atomic E-state index is 12.7. The highest BCUT2D eigenvalue weighted by Crippen LogP contribution is 2.15. The zero-order valence-electron chi connectivity index (χ0n) is 16.0. The fourth-order valence-electron chi connectivity index (χ4n) is 3.20. The van der Waals surface area contributed by atoms with Crippen LogP contribution in [0, 0.1) is 0 Å². The van der Waals surface area contributed by atoms with E-state index in [0.29, 0.717) is 6.61 Å². The van der Waals surface area contributed by atoms with Crippen molar-refractivity contribution < 1.29 is 9.53 Å². The molecule has 0 unspecified atom stereocenters. The lowest BCUT2D eigenvalue weighted by Crippen LogP contribution is -2.35. The van der Waals surface area contributed by atoms with Crippen LogP contribution in [0.25, 0.3) is 0 Å². The van der Waals surface area contributed by atoms with Gasteiger partial charge in [-0.05, 0) is 56.9 Å². The topological polar surface area (TPSA) is 36.0 Å². The molecule has 1 aromatic carbocycles. The van der Waals surface area contributed by atoms with Crippen molar-refractivity contribution in [3.05, 3.63) is 29.8 Å². The summed E-state index contributed by atoms with van der Waals surface area (Å²) in [5, 5.41) is 0. The minimum atomic E-state index is 0.132. The summed E-state index contributed by atoms with van der Waals surface area (Å²) in [6.45, 7) is 14.9. The van der Waals surface area contributed by atoms with E-state index in [1.807, 2.05) is 29.2 Å². The Morgan fingerprint density at radius 1 is 1.04 bits per heavy atom. The number of likely N-dealkylation sites (N-methyl/N-ethyl adjacent to an activating group) is 2. The molecule has 0 saturated carbocycles. The lowest BCUT2D eigenvalue weighted by atomic mass is 10.2. The number of benzene rings is 1. The molecule has 0 bridgehead atoms. The van der Waals surface area contributed by atoms with Gasteiger partial charge in [-0.2, -0.15) is 0 Å². The van der Waals surface area contributed by atoms with E-state index in [1.54, 1.807) is 0 Å². The van der Waals surface area contributed by atoms with Gasteiger partial charge in [0.05, 0.1) is 0 Å². The van der Waals surface area contributed by atoms with Gasteiger partial charge in [0.1, 0.15) is 12.4 Å². The molecule has 1 saturated heterocycles. The summed E-state index contributed by atoms with van der Waals surface area (Å²) in [6.07, 6.45) is 1.05. The van der Waals surface area contributed by atoms with E-state index in [-0.39, 0.29) is 5.91 Å². The normalized spacial score (nSPS) is 16.1. The number of ether oxygens (including phenoxy) is 1. The zero-order chi connectivity index (χ0) is 18.1. The van der Waals surface area contributed by atoms with Gasteiger partial charge in [0.15, 0.2) is 0 Å². The molecule has 5 heteroatoms. The molecular formula is C20H33N3O2. The van der Waals surface area contributed by atoms with Crippen molar-refractivity contribution in [2.75, 3.05) is 59.0 Å². The highest BCUT2D eigenvalue weighted by atomic mass is 16.5. The summed E-state index contributed by atoms with van der Waals surface area (Å²) in [5.74, 6) is 0.962. The van der Waals surface area contributed by atoms with Gasteiger partial charge in [0.2, 0.25) is 0 Å². The first-order valence-corrected chi connectivity index (χ1v) is 9.64. The minimum absolute atomic E-state index is 0.132. The van der Waals surface area contributed by atoms with Crippen LogP contribution in [0.1, 0.15) is 37.6 Å². The molecule has 5 nitrogen and oxygen atoms in total. The first kappa shape index (κ1) is 19.7. The van der Waals surface area contributed by atoms with E-state index in [1.165, 1.54) is 0 Å². The first-order valence-electron chi connectivity index (χ1n) is 9.64. The van der Waals surface area contributed by atoms with Crippen molar-refractivity contribution in [2.45, 2.75) is 27.2 Å². The second-order valence-corrected chi connectivity index (χ2v) is 6.48. The van der Waals surface area contributed by atoms with Crippen molar-refractivity contribution in [1.82, 2.24) is 14.7 Å². The van der Waals surface area contributed by atoms with Crippen molar-refractivity contribution in [3.63, 3.8) is 0 Å². The second-order valence-electron chi connectivity index (χ2n) is 6.48. The molecule has 140 valence electrons. The molecule has 0 atom stereocenters. The van der Waals surface area contributed by atoms with Crippen LogP contribution in [0.4, 0.5) is 0 Å². The van der Waals surface area contributed by atoms with Crippen LogP contribution in [-0.2, 0) is 0 Å².